The first-order valence-electron chi connectivity index (χ1n) is 12.3. The van der Waals surface area contributed by atoms with Crippen molar-refractivity contribution in [1.29, 1.82) is 0 Å². The zero-order valence-electron chi connectivity index (χ0n) is 20.2. The van der Waals surface area contributed by atoms with Gasteiger partial charge in [0.15, 0.2) is 22.9 Å². The maximum absolute atomic E-state index is 14.0. The van der Waals surface area contributed by atoms with E-state index in [0.717, 1.165) is 50.4 Å². The highest BCUT2D eigenvalue weighted by Crippen LogP contribution is 2.31. The number of pyridine rings is 1. The van der Waals surface area contributed by atoms with E-state index in [-0.39, 0.29) is 29.8 Å². The fourth-order valence-electron chi connectivity index (χ4n) is 4.67. The topological polar surface area (TPSA) is 123 Å². The van der Waals surface area contributed by atoms with Crippen molar-refractivity contribution in [2.24, 2.45) is 5.92 Å². The molecule has 10 nitrogen and oxygen atoms in total. The molecule has 0 atom stereocenters. The van der Waals surface area contributed by atoms with Gasteiger partial charge in [0.1, 0.15) is 12.4 Å². The van der Waals surface area contributed by atoms with Crippen molar-refractivity contribution >= 4 is 34.5 Å². The van der Waals surface area contributed by atoms with Crippen LogP contribution < -0.4 is 16.0 Å². The third-order valence-corrected chi connectivity index (χ3v) is 6.68. The number of ether oxygens (including phenoxy) is 1. The highest BCUT2D eigenvalue weighted by molar-refractivity contribution is 6.03. The van der Waals surface area contributed by atoms with Crippen LogP contribution in [0.1, 0.15) is 55.4 Å². The van der Waals surface area contributed by atoms with Crippen molar-refractivity contribution in [3.63, 3.8) is 0 Å². The Morgan fingerprint density at radius 1 is 1.08 bits per heavy atom. The molecule has 0 radical (unpaired) electrons. The SMILES string of the molecule is COCC(=O)CC1CCC(Nc2cc(NC3CC3)c3ncc(C(=O)Nc4ccncc4F)n3n2)CC1. The number of nitrogens with zero attached hydrogens (tertiary/aromatic N) is 4. The van der Waals surface area contributed by atoms with Crippen LogP contribution in [0.2, 0.25) is 0 Å². The molecule has 3 N–H and O–H groups in total. The number of rotatable bonds is 10. The summed E-state index contributed by atoms with van der Waals surface area (Å²) in [6, 6.07) is 3.92. The molecule has 11 heteroatoms. The van der Waals surface area contributed by atoms with Crippen LogP contribution in [0.5, 0.6) is 0 Å². The summed E-state index contributed by atoms with van der Waals surface area (Å²) in [6.45, 7) is 0.174. The number of carbonyl (C=O) groups is 2. The number of hydrogen-bond donors (Lipinski definition) is 3. The first kappa shape index (κ1) is 24.1. The Bertz CT molecular complexity index is 1250. The average Bonchev–Trinajstić information content (AvgIpc) is 3.57. The lowest BCUT2D eigenvalue weighted by molar-refractivity contribution is -0.123. The zero-order valence-corrected chi connectivity index (χ0v) is 20.2. The summed E-state index contributed by atoms with van der Waals surface area (Å²) in [7, 11) is 1.54. The number of halogens is 1. The van der Waals surface area contributed by atoms with Gasteiger partial charge in [0.25, 0.3) is 5.91 Å². The normalized spacial score (nSPS) is 19.7. The number of aromatic nitrogens is 4. The van der Waals surface area contributed by atoms with Crippen LogP contribution in [0.3, 0.4) is 0 Å². The Labute approximate surface area is 208 Å². The number of nitrogens with one attached hydrogen (secondary N) is 3. The van der Waals surface area contributed by atoms with Gasteiger partial charge >= 0.3 is 0 Å². The molecule has 0 aromatic carbocycles. The molecule has 3 aromatic heterocycles. The fraction of sp³-hybridized carbons (Fsp3) is 0.480. The molecular weight excluding hydrogens is 465 g/mol. The largest absolute Gasteiger partial charge is 0.379 e. The second kappa shape index (κ2) is 10.6. The smallest absolute Gasteiger partial charge is 0.276 e. The van der Waals surface area contributed by atoms with Gasteiger partial charge in [-0.1, -0.05) is 0 Å². The van der Waals surface area contributed by atoms with Crippen molar-refractivity contribution in [2.75, 3.05) is 29.7 Å². The lowest BCUT2D eigenvalue weighted by Crippen LogP contribution is -2.28. The first-order chi connectivity index (χ1) is 17.5. The minimum Gasteiger partial charge on any atom is -0.379 e. The molecule has 3 heterocycles. The monoisotopic (exact) mass is 495 g/mol. The Balaban J connectivity index is 1.33. The molecule has 2 saturated carbocycles. The number of hydrogen-bond acceptors (Lipinski definition) is 8. The van der Waals surface area contributed by atoms with Crippen molar-refractivity contribution < 1.29 is 18.7 Å². The number of fused-ring (bicyclic) bond motifs is 1. The van der Waals surface area contributed by atoms with Crippen LogP contribution in [-0.4, -0.2) is 57.1 Å². The van der Waals surface area contributed by atoms with Gasteiger partial charge in [-0.05, 0) is 50.5 Å². The third kappa shape index (κ3) is 5.62. The summed E-state index contributed by atoms with van der Waals surface area (Å²) in [5, 5.41) is 14.2. The van der Waals surface area contributed by atoms with Crippen LogP contribution in [0.4, 0.5) is 21.6 Å². The summed E-state index contributed by atoms with van der Waals surface area (Å²) in [6.07, 6.45) is 10.4. The number of methoxy groups -OCH3 is 1. The molecular formula is C25H30FN7O3. The van der Waals surface area contributed by atoms with Crippen molar-refractivity contribution in [3.8, 4) is 0 Å². The van der Waals surface area contributed by atoms with Gasteiger partial charge in [-0.3, -0.25) is 14.6 Å². The molecule has 5 rings (SSSR count). The molecule has 36 heavy (non-hydrogen) atoms. The van der Waals surface area contributed by atoms with Crippen molar-refractivity contribution in [3.05, 3.63) is 42.2 Å². The fourth-order valence-corrected chi connectivity index (χ4v) is 4.67. The number of Topliss-reactive ketones (excluding diaryl/α,β-unsaturated/α-hetero) is 1. The van der Waals surface area contributed by atoms with Crippen LogP contribution in [0.15, 0.2) is 30.7 Å². The average molecular weight is 496 g/mol. The number of anilines is 3. The van der Waals surface area contributed by atoms with E-state index in [4.69, 9.17) is 4.74 Å². The van der Waals surface area contributed by atoms with Gasteiger partial charge in [-0.15, -0.1) is 5.10 Å². The second-order valence-electron chi connectivity index (χ2n) is 9.59. The predicted octanol–water partition coefficient (Wildman–Crippen LogP) is 3.67. The van der Waals surface area contributed by atoms with Crippen molar-refractivity contribution in [1.82, 2.24) is 19.6 Å². The van der Waals surface area contributed by atoms with Gasteiger partial charge < -0.3 is 20.7 Å². The molecule has 0 saturated heterocycles. The van der Waals surface area contributed by atoms with Gasteiger partial charge in [-0.2, -0.15) is 0 Å². The van der Waals surface area contributed by atoms with Gasteiger partial charge in [0.05, 0.1) is 23.8 Å². The minimum absolute atomic E-state index is 0.0382. The van der Waals surface area contributed by atoms with E-state index in [2.05, 4.69) is 31.0 Å². The van der Waals surface area contributed by atoms with Crippen molar-refractivity contribution in [2.45, 2.75) is 57.0 Å². The molecule has 2 aliphatic carbocycles. The maximum atomic E-state index is 14.0. The van der Waals surface area contributed by atoms with Crippen LogP contribution in [0.25, 0.3) is 5.65 Å². The Kier molecular flexibility index (Phi) is 7.08. The first-order valence-corrected chi connectivity index (χ1v) is 12.3. The second-order valence-corrected chi connectivity index (χ2v) is 9.59. The zero-order chi connectivity index (χ0) is 25.1. The lowest BCUT2D eigenvalue weighted by Gasteiger charge is -2.29. The molecule has 0 aliphatic heterocycles. The minimum atomic E-state index is -0.620. The van der Waals surface area contributed by atoms with E-state index in [1.165, 1.54) is 23.0 Å². The molecule has 0 spiro atoms. The standard InChI is InChI=1S/C25H30FN7O3/c1-36-14-18(34)10-15-2-4-17(5-3-15)30-23-11-21(29-16-6-7-16)24-28-13-22(33(24)32-23)25(35)31-20-8-9-27-12-19(20)26/h8-9,11-13,15-17,29H,2-7,10,14H2,1H3,(H,30,32)(H,27,31,35). The van der Waals surface area contributed by atoms with E-state index in [1.807, 2.05) is 6.07 Å². The van der Waals surface area contributed by atoms with Gasteiger partial charge in [0.2, 0.25) is 0 Å². The maximum Gasteiger partial charge on any atom is 0.276 e. The molecule has 1 amide bonds. The summed E-state index contributed by atoms with van der Waals surface area (Å²) in [5.74, 6) is 0.0216. The summed E-state index contributed by atoms with van der Waals surface area (Å²) >= 11 is 0. The Morgan fingerprint density at radius 2 is 1.83 bits per heavy atom. The number of carbonyl (C=O) groups excluding carboxylic acids is 2. The van der Waals surface area contributed by atoms with Crippen LogP contribution >= 0.6 is 0 Å². The number of amides is 1. The van der Waals surface area contributed by atoms with Crippen LogP contribution in [0, 0.1) is 11.7 Å². The molecule has 3 aromatic rings. The number of imidazole rings is 1. The lowest BCUT2D eigenvalue weighted by atomic mass is 9.83. The molecule has 190 valence electrons. The van der Waals surface area contributed by atoms with E-state index in [0.29, 0.717) is 29.8 Å². The summed E-state index contributed by atoms with van der Waals surface area (Å²) < 4.78 is 20.5. The molecule has 0 bridgehead atoms. The third-order valence-electron chi connectivity index (χ3n) is 6.68. The highest BCUT2D eigenvalue weighted by Gasteiger charge is 2.26. The van der Waals surface area contributed by atoms with E-state index in [1.54, 1.807) is 7.11 Å². The van der Waals surface area contributed by atoms with E-state index in [9.17, 15) is 14.0 Å². The highest BCUT2D eigenvalue weighted by atomic mass is 19.1. The molecule has 2 aliphatic rings. The Morgan fingerprint density at radius 3 is 2.56 bits per heavy atom. The quantitative estimate of drug-likeness (QED) is 0.389. The van der Waals surface area contributed by atoms with E-state index >= 15 is 0 Å². The summed E-state index contributed by atoms with van der Waals surface area (Å²) in [5.41, 5.74) is 1.57. The number of ketones is 1. The summed E-state index contributed by atoms with van der Waals surface area (Å²) in [4.78, 5) is 33.0. The van der Waals surface area contributed by atoms with Gasteiger partial charge in [-0.25, -0.2) is 13.9 Å². The predicted molar refractivity (Wildman–Crippen MR) is 133 cm³/mol. The Hall–Kier alpha value is -3.60. The molecule has 2 fully saturated rings. The molecule has 0 unspecified atom stereocenters. The van der Waals surface area contributed by atoms with Crippen LogP contribution in [-0.2, 0) is 9.53 Å². The van der Waals surface area contributed by atoms with E-state index < -0.39 is 11.7 Å². The van der Waals surface area contributed by atoms with Gasteiger partial charge in [0, 0.05) is 37.9 Å².